The fourth-order valence-corrected chi connectivity index (χ4v) is 5.14. The molecule has 0 saturated carbocycles. The number of benzene rings is 2. The summed E-state index contributed by atoms with van der Waals surface area (Å²) in [5.74, 6) is 0.593. The summed E-state index contributed by atoms with van der Waals surface area (Å²) < 4.78 is 5.85. The number of piperazine rings is 1. The highest BCUT2D eigenvalue weighted by Crippen LogP contribution is 2.34. The number of hydrogen-bond acceptors (Lipinski definition) is 6. The Morgan fingerprint density at radius 2 is 1.75 bits per heavy atom. The number of thioether (sulfide) groups is 1. The quantitative estimate of drug-likeness (QED) is 0.478. The third kappa shape index (κ3) is 4.97. The second-order valence-corrected chi connectivity index (χ2v) is 9.20. The molecule has 0 bridgehead atoms. The fraction of sp³-hybridized carbons (Fsp3) is 0.292. The van der Waals surface area contributed by atoms with E-state index < -0.39 is 0 Å². The van der Waals surface area contributed by atoms with Crippen LogP contribution in [0.2, 0.25) is 0 Å². The molecule has 0 aliphatic carbocycles. The van der Waals surface area contributed by atoms with Crippen LogP contribution in [0.25, 0.3) is 6.08 Å². The average Bonchev–Trinajstić information content (AvgIpc) is 3.10. The lowest BCUT2D eigenvalue weighted by Crippen LogP contribution is -2.49. The lowest BCUT2D eigenvalue weighted by molar-refractivity contribution is -0.132. The van der Waals surface area contributed by atoms with E-state index in [1.54, 1.807) is 13.2 Å². The molecule has 6 nitrogen and oxygen atoms in total. The van der Waals surface area contributed by atoms with Crippen LogP contribution >= 0.6 is 24.0 Å². The first-order valence-electron chi connectivity index (χ1n) is 10.5. The minimum Gasteiger partial charge on any atom is -0.496 e. The molecule has 0 N–H and O–H groups in total. The number of methoxy groups -OCH3 is 1. The molecule has 0 radical (unpaired) electrons. The van der Waals surface area contributed by atoms with Gasteiger partial charge in [-0.1, -0.05) is 60.4 Å². The van der Waals surface area contributed by atoms with Crippen molar-refractivity contribution in [1.82, 2.24) is 9.80 Å². The van der Waals surface area contributed by atoms with Gasteiger partial charge in [-0.3, -0.25) is 14.5 Å². The first kappa shape index (κ1) is 22.4. The number of ether oxygens (including phenoxy) is 1. The highest BCUT2D eigenvalue weighted by atomic mass is 32.2. The van der Waals surface area contributed by atoms with Crippen molar-refractivity contribution >= 4 is 51.9 Å². The number of para-hydroxylation sites is 2. The average molecular weight is 468 g/mol. The third-order valence-electron chi connectivity index (χ3n) is 5.60. The SMILES string of the molecule is COc1ccccc1/C=C1\SC(=S)N(CCC(=O)N2CCN(c3ccccc3)CC2)C1=O. The van der Waals surface area contributed by atoms with Crippen molar-refractivity contribution in [3.8, 4) is 5.75 Å². The van der Waals surface area contributed by atoms with Gasteiger partial charge in [0.25, 0.3) is 5.91 Å². The number of rotatable bonds is 6. The maximum atomic E-state index is 12.9. The standard InChI is InChI=1S/C24H25N3O3S2/c1-30-20-10-6-5-7-18(20)17-21-23(29)27(24(31)32-21)12-11-22(28)26-15-13-25(14-16-26)19-8-3-2-4-9-19/h2-10,17H,11-16H2,1H3/b21-17-. The zero-order valence-corrected chi connectivity index (χ0v) is 19.5. The summed E-state index contributed by atoms with van der Waals surface area (Å²) in [6, 6.07) is 17.7. The van der Waals surface area contributed by atoms with E-state index in [9.17, 15) is 9.59 Å². The maximum Gasteiger partial charge on any atom is 0.266 e. The van der Waals surface area contributed by atoms with E-state index >= 15 is 0 Å². The predicted molar refractivity (Wildman–Crippen MR) is 133 cm³/mol. The Labute approximate surface area is 197 Å². The second kappa shape index (κ2) is 10.2. The second-order valence-electron chi connectivity index (χ2n) is 7.53. The van der Waals surface area contributed by atoms with Crippen LogP contribution in [0.15, 0.2) is 59.5 Å². The van der Waals surface area contributed by atoms with Crippen LogP contribution in [0, 0.1) is 0 Å². The van der Waals surface area contributed by atoms with E-state index in [1.807, 2.05) is 47.4 Å². The smallest absolute Gasteiger partial charge is 0.266 e. The summed E-state index contributed by atoms with van der Waals surface area (Å²) >= 11 is 6.68. The van der Waals surface area contributed by atoms with E-state index in [1.165, 1.54) is 22.3 Å². The number of carbonyl (C=O) groups excluding carboxylic acids is 2. The summed E-state index contributed by atoms with van der Waals surface area (Å²) in [6.07, 6.45) is 2.06. The molecule has 0 atom stereocenters. The van der Waals surface area contributed by atoms with E-state index in [2.05, 4.69) is 17.0 Å². The maximum absolute atomic E-state index is 12.9. The van der Waals surface area contributed by atoms with Gasteiger partial charge in [-0.25, -0.2) is 0 Å². The number of amides is 2. The van der Waals surface area contributed by atoms with Crippen molar-refractivity contribution in [2.45, 2.75) is 6.42 Å². The van der Waals surface area contributed by atoms with Gasteiger partial charge in [0.15, 0.2) is 0 Å². The molecule has 166 valence electrons. The zero-order chi connectivity index (χ0) is 22.5. The number of carbonyl (C=O) groups is 2. The van der Waals surface area contributed by atoms with Gasteiger partial charge < -0.3 is 14.5 Å². The Morgan fingerprint density at radius 1 is 1.06 bits per heavy atom. The highest BCUT2D eigenvalue weighted by molar-refractivity contribution is 8.26. The number of nitrogens with zero attached hydrogens (tertiary/aromatic N) is 3. The molecule has 0 unspecified atom stereocenters. The van der Waals surface area contributed by atoms with Gasteiger partial charge in [0.05, 0.1) is 12.0 Å². The molecule has 0 spiro atoms. The van der Waals surface area contributed by atoms with Crippen LogP contribution < -0.4 is 9.64 Å². The molecule has 2 fully saturated rings. The summed E-state index contributed by atoms with van der Waals surface area (Å²) in [5, 5.41) is 0. The Hall–Kier alpha value is -2.84. The van der Waals surface area contributed by atoms with E-state index in [0.717, 1.165) is 18.7 Å². The third-order valence-corrected chi connectivity index (χ3v) is 6.98. The molecular formula is C24H25N3O3S2. The fourth-order valence-electron chi connectivity index (χ4n) is 3.84. The Kier molecular flexibility index (Phi) is 7.12. The molecule has 0 aromatic heterocycles. The molecule has 2 amide bonds. The summed E-state index contributed by atoms with van der Waals surface area (Å²) in [4.78, 5) is 31.9. The van der Waals surface area contributed by atoms with E-state index in [-0.39, 0.29) is 18.2 Å². The van der Waals surface area contributed by atoms with Gasteiger partial charge in [-0.2, -0.15) is 0 Å². The van der Waals surface area contributed by atoms with E-state index in [0.29, 0.717) is 34.6 Å². The highest BCUT2D eigenvalue weighted by Gasteiger charge is 2.33. The Balaban J connectivity index is 1.32. The predicted octanol–water partition coefficient (Wildman–Crippen LogP) is 3.64. The van der Waals surface area contributed by atoms with Crippen LogP contribution in [-0.4, -0.2) is 65.8 Å². The van der Waals surface area contributed by atoms with Gasteiger partial charge in [0.2, 0.25) is 5.91 Å². The van der Waals surface area contributed by atoms with E-state index in [4.69, 9.17) is 17.0 Å². The molecule has 2 aromatic carbocycles. The van der Waals surface area contributed by atoms with Gasteiger partial charge >= 0.3 is 0 Å². The molecule has 2 aliphatic heterocycles. The van der Waals surface area contributed by atoms with Crippen LogP contribution in [0.3, 0.4) is 0 Å². The number of anilines is 1. The Bertz CT molecular complexity index is 1030. The van der Waals surface area contributed by atoms with Gasteiger partial charge in [0.1, 0.15) is 10.1 Å². The largest absolute Gasteiger partial charge is 0.496 e. The topological polar surface area (TPSA) is 53.1 Å². The van der Waals surface area contributed by atoms with Crippen molar-refractivity contribution in [2.24, 2.45) is 0 Å². The van der Waals surface area contributed by atoms with Crippen molar-refractivity contribution in [1.29, 1.82) is 0 Å². The number of thiocarbonyl (C=S) groups is 1. The minimum absolute atomic E-state index is 0.0560. The molecule has 4 rings (SSSR count). The molecule has 2 heterocycles. The van der Waals surface area contributed by atoms with Gasteiger partial charge in [-0.05, 0) is 24.3 Å². The molecule has 2 aromatic rings. The lowest BCUT2D eigenvalue weighted by Gasteiger charge is -2.36. The number of hydrogen-bond donors (Lipinski definition) is 0. The lowest BCUT2D eigenvalue weighted by atomic mass is 10.2. The van der Waals surface area contributed by atoms with Crippen LogP contribution in [-0.2, 0) is 9.59 Å². The van der Waals surface area contributed by atoms with Crippen molar-refractivity contribution < 1.29 is 14.3 Å². The van der Waals surface area contributed by atoms with Crippen LogP contribution in [0.4, 0.5) is 5.69 Å². The first-order valence-corrected chi connectivity index (χ1v) is 11.8. The van der Waals surface area contributed by atoms with Crippen LogP contribution in [0.1, 0.15) is 12.0 Å². The van der Waals surface area contributed by atoms with Crippen molar-refractivity contribution in [3.63, 3.8) is 0 Å². The monoisotopic (exact) mass is 467 g/mol. The normalized spacial score (nSPS) is 17.9. The molecular weight excluding hydrogens is 442 g/mol. The summed E-state index contributed by atoms with van der Waals surface area (Å²) in [7, 11) is 1.60. The van der Waals surface area contributed by atoms with Gasteiger partial charge in [0, 0.05) is 50.4 Å². The Morgan fingerprint density at radius 3 is 2.47 bits per heavy atom. The van der Waals surface area contributed by atoms with Crippen molar-refractivity contribution in [3.05, 3.63) is 65.1 Å². The molecule has 2 saturated heterocycles. The molecule has 8 heteroatoms. The van der Waals surface area contributed by atoms with Gasteiger partial charge in [-0.15, -0.1) is 0 Å². The van der Waals surface area contributed by atoms with Crippen molar-refractivity contribution in [2.75, 3.05) is 44.7 Å². The summed E-state index contributed by atoms with van der Waals surface area (Å²) in [5.41, 5.74) is 2.00. The first-order chi connectivity index (χ1) is 15.6. The summed E-state index contributed by atoms with van der Waals surface area (Å²) in [6.45, 7) is 3.27. The minimum atomic E-state index is -0.160. The molecule has 2 aliphatic rings. The van der Waals surface area contributed by atoms with Crippen LogP contribution in [0.5, 0.6) is 5.75 Å². The molecule has 32 heavy (non-hydrogen) atoms. The zero-order valence-electron chi connectivity index (χ0n) is 17.9.